The van der Waals surface area contributed by atoms with Crippen molar-refractivity contribution in [1.29, 1.82) is 0 Å². The van der Waals surface area contributed by atoms with E-state index in [1.165, 1.54) is 0 Å². The first kappa shape index (κ1) is 13.5. The molecule has 0 unspecified atom stereocenters. The van der Waals surface area contributed by atoms with Gasteiger partial charge in [0.2, 0.25) is 0 Å². The Morgan fingerprint density at radius 2 is 1.85 bits per heavy atom. The lowest BCUT2D eigenvalue weighted by Crippen LogP contribution is -1.99. The molecule has 0 saturated heterocycles. The highest BCUT2D eigenvalue weighted by molar-refractivity contribution is 6.35. The van der Waals surface area contributed by atoms with Gasteiger partial charge < -0.3 is 10.1 Å². The van der Waals surface area contributed by atoms with E-state index in [-0.39, 0.29) is 5.69 Å². The Labute approximate surface area is 126 Å². The molecular weight excluding hydrogens is 297 g/mol. The number of H-pyrrole nitrogens is 1. The van der Waals surface area contributed by atoms with Gasteiger partial charge in [-0.25, -0.2) is 4.79 Å². The number of carboxylic acid groups (broad SMARTS) is 1. The first-order valence-corrected chi connectivity index (χ1v) is 7.15. The predicted molar refractivity (Wildman–Crippen MR) is 79.9 cm³/mol. The number of aromatic carboxylic acids is 1. The van der Waals surface area contributed by atoms with Gasteiger partial charge in [0.15, 0.2) is 0 Å². The van der Waals surface area contributed by atoms with Gasteiger partial charge in [-0.2, -0.15) is 0 Å². The average Bonchev–Trinajstić information content (AvgIpc) is 3.11. The fourth-order valence-electron chi connectivity index (χ4n) is 2.61. The summed E-state index contributed by atoms with van der Waals surface area (Å²) in [6.07, 6.45) is 2.21. The molecule has 1 fully saturated rings. The van der Waals surface area contributed by atoms with Crippen LogP contribution in [0, 0.1) is 6.92 Å². The maximum atomic E-state index is 11.5. The molecule has 0 atom stereocenters. The second kappa shape index (κ2) is 4.83. The third-order valence-electron chi connectivity index (χ3n) is 3.64. The van der Waals surface area contributed by atoms with E-state index < -0.39 is 5.97 Å². The van der Waals surface area contributed by atoms with E-state index in [4.69, 9.17) is 23.2 Å². The van der Waals surface area contributed by atoms with Crippen LogP contribution in [0.1, 0.15) is 40.5 Å². The maximum absolute atomic E-state index is 11.5. The first-order valence-electron chi connectivity index (χ1n) is 6.39. The zero-order chi connectivity index (χ0) is 14.4. The fourth-order valence-corrected chi connectivity index (χ4v) is 3.14. The Morgan fingerprint density at radius 3 is 2.35 bits per heavy atom. The standard InChI is InChI=1S/C15H13Cl2NO2/c1-7-12(9-4-10(16)6-11(17)5-9)14(15(19)20)18-13(7)8-2-3-8/h4-6,8,18H,2-3H2,1H3,(H,19,20). The summed E-state index contributed by atoms with van der Waals surface area (Å²) in [7, 11) is 0. The number of carbonyl (C=O) groups is 1. The third kappa shape index (κ3) is 2.32. The van der Waals surface area contributed by atoms with Gasteiger partial charge in [0.05, 0.1) is 0 Å². The molecule has 1 heterocycles. The van der Waals surface area contributed by atoms with Crippen LogP contribution in [0.2, 0.25) is 10.0 Å². The molecule has 0 amide bonds. The van der Waals surface area contributed by atoms with Crippen LogP contribution in [-0.2, 0) is 0 Å². The minimum atomic E-state index is -0.967. The number of hydrogen-bond acceptors (Lipinski definition) is 1. The highest BCUT2D eigenvalue weighted by Gasteiger charge is 2.31. The second-order valence-electron chi connectivity index (χ2n) is 5.15. The predicted octanol–water partition coefficient (Wildman–Crippen LogP) is 4.87. The van der Waals surface area contributed by atoms with Crippen LogP contribution < -0.4 is 0 Å². The minimum Gasteiger partial charge on any atom is -0.477 e. The number of aromatic nitrogens is 1. The van der Waals surface area contributed by atoms with E-state index in [9.17, 15) is 9.90 Å². The van der Waals surface area contributed by atoms with Gasteiger partial charge in [0, 0.05) is 21.3 Å². The van der Waals surface area contributed by atoms with Crippen molar-refractivity contribution in [3.63, 3.8) is 0 Å². The number of halogens is 2. The summed E-state index contributed by atoms with van der Waals surface area (Å²) < 4.78 is 0. The molecule has 1 aliphatic rings. The smallest absolute Gasteiger partial charge is 0.352 e. The molecule has 0 spiro atoms. The van der Waals surface area contributed by atoms with Crippen LogP contribution in [0.5, 0.6) is 0 Å². The summed E-state index contributed by atoms with van der Waals surface area (Å²) in [4.78, 5) is 14.5. The van der Waals surface area contributed by atoms with Crippen molar-refractivity contribution in [2.24, 2.45) is 0 Å². The summed E-state index contributed by atoms with van der Waals surface area (Å²) >= 11 is 12.0. The Kier molecular flexibility index (Phi) is 3.27. The van der Waals surface area contributed by atoms with Crippen molar-refractivity contribution in [1.82, 2.24) is 4.98 Å². The van der Waals surface area contributed by atoms with Crippen molar-refractivity contribution < 1.29 is 9.90 Å². The van der Waals surface area contributed by atoms with Crippen molar-refractivity contribution in [3.8, 4) is 11.1 Å². The molecule has 2 aromatic rings. The van der Waals surface area contributed by atoms with Crippen LogP contribution in [0.4, 0.5) is 0 Å². The van der Waals surface area contributed by atoms with Crippen LogP contribution in [-0.4, -0.2) is 16.1 Å². The fraction of sp³-hybridized carbons (Fsp3) is 0.267. The summed E-state index contributed by atoms with van der Waals surface area (Å²) in [5, 5.41) is 10.4. The van der Waals surface area contributed by atoms with Gasteiger partial charge in [0.25, 0.3) is 0 Å². The van der Waals surface area contributed by atoms with Gasteiger partial charge in [-0.3, -0.25) is 0 Å². The Morgan fingerprint density at radius 1 is 1.25 bits per heavy atom. The number of aromatic amines is 1. The number of benzene rings is 1. The van der Waals surface area contributed by atoms with Crippen LogP contribution in [0.3, 0.4) is 0 Å². The molecule has 0 bridgehead atoms. The Balaban J connectivity index is 2.22. The topological polar surface area (TPSA) is 53.1 Å². The number of carboxylic acids is 1. The van der Waals surface area contributed by atoms with Crippen molar-refractivity contribution in [2.75, 3.05) is 0 Å². The third-order valence-corrected chi connectivity index (χ3v) is 4.08. The van der Waals surface area contributed by atoms with Crippen molar-refractivity contribution in [3.05, 3.63) is 45.2 Å². The van der Waals surface area contributed by atoms with E-state index in [0.717, 1.165) is 29.7 Å². The first-order chi connectivity index (χ1) is 9.47. The molecular formula is C15H13Cl2NO2. The molecule has 1 saturated carbocycles. The molecule has 0 radical (unpaired) electrons. The summed E-state index contributed by atoms with van der Waals surface area (Å²) in [5.41, 5.74) is 3.63. The quantitative estimate of drug-likeness (QED) is 0.849. The molecule has 2 N–H and O–H groups in total. The van der Waals surface area contributed by atoms with Gasteiger partial charge in [-0.1, -0.05) is 23.2 Å². The molecule has 1 aliphatic carbocycles. The molecule has 0 aliphatic heterocycles. The van der Waals surface area contributed by atoms with E-state index >= 15 is 0 Å². The van der Waals surface area contributed by atoms with E-state index in [2.05, 4.69) is 4.98 Å². The Bertz CT molecular complexity index is 682. The van der Waals surface area contributed by atoms with Crippen LogP contribution in [0.25, 0.3) is 11.1 Å². The highest BCUT2D eigenvalue weighted by Crippen LogP contribution is 2.44. The molecule has 20 heavy (non-hydrogen) atoms. The molecule has 3 nitrogen and oxygen atoms in total. The lowest BCUT2D eigenvalue weighted by Gasteiger charge is -2.05. The van der Waals surface area contributed by atoms with Gasteiger partial charge in [-0.15, -0.1) is 0 Å². The largest absolute Gasteiger partial charge is 0.477 e. The zero-order valence-electron chi connectivity index (χ0n) is 10.8. The lowest BCUT2D eigenvalue weighted by molar-refractivity contribution is 0.0692. The van der Waals surface area contributed by atoms with E-state index in [1.807, 2.05) is 6.92 Å². The number of hydrogen-bond donors (Lipinski definition) is 2. The van der Waals surface area contributed by atoms with Gasteiger partial charge in [0.1, 0.15) is 5.69 Å². The van der Waals surface area contributed by atoms with Gasteiger partial charge in [-0.05, 0) is 55.0 Å². The summed E-state index contributed by atoms with van der Waals surface area (Å²) in [5.74, 6) is -0.511. The molecule has 5 heteroatoms. The number of nitrogens with one attached hydrogen (secondary N) is 1. The normalized spacial score (nSPS) is 14.6. The van der Waals surface area contributed by atoms with E-state index in [0.29, 0.717) is 21.5 Å². The monoisotopic (exact) mass is 309 g/mol. The molecule has 1 aromatic heterocycles. The van der Waals surface area contributed by atoms with Crippen molar-refractivity contribution >= 4 is 29.2 Å². The highest BCUT2D eigenvalue weighted by atomic mass is 35.5. The molecule has 104 valence electrons. The molecule has 3 rings (SSSR count). The number of rotatable bonds is 3. The minimum absolute atomic E-state index is 0.211. The maximum Gasteiger partial charge on any atom is 0.352 e. The molecule has 1 aromatic carbocycles. The van der Waals surface area contributed by atoms with Crippen LogP contribution >= 0.6 is 23.2 Å². The lowest BCUT2D eigenvalue weighted by atomic mass is 10.00. The average molecular weight is 310 g/mol. The summed E-state index contributed by atoms with van der Waals surface area (Å²) in [6, 6.07) is 5.12. The zero-order valence-corrected chi connectivity index (χ0v) is 12.3. The summed E-state index contributed by atoms with van der Waals surface area (Å²) in [6.45, 7) is 1.95. The van der Waals surface area contributed by atoms with Crippen molar-refractivity contribution in [2.45, 2.75) is 25.7 Å². The second-order valence-corrected chi connectivity index (χ2v) is 6.02. The Hall–Kier alpha value is -1.45. The SMILES string of the molecule is Cc1c(C2CC2)[nH]c(C(=O)O)c1-c1cc(Cl)cc(Cl)c1. The van der Waals surface area contributed by atoms with Crippen LogP contribution in [0.15, 0.2) is 18.2 Å². The van der Waals surface area contributed by atoms with E-state index in [1.54, 1.807) is 18.2 Å². The van der Waals surface area contributed by atoms with Gasteiger partial charge >= 0.3 is 5.97 Å².